The Balaban J connectivity index is 1.33. The first-order valence-corrected chi connectivity index (χ1v) is 13.4. The van der Waals surface area contributed by atoms with E-state index in [1.165, 1.54) is 0 Å². The summed E-state index contributed by atoms with van der Waals surface area (Å²) in [4.78, 5) is 25.7. The highest BCUT2D eigenvalue weighted by atomic mass is 32.2. The Bertz CT molecular complexity index is 1040. The molecule has 0 spiro atoms. The molecule has 1 saturated heterocycles. The van der Waals surface area contributed by atoms with Gasteiger partial charge in [-0.25, -0.2) is 0 Å². The number of alkyl halides is 5. The third kappa shape index (κ3) is 3.25. The lowest BCUT2D eigenvalue weighted by Crippen LogP contribution is -2.56. The highest BCUT2D eigenvalue weighted by Gasteiger charge is 2.74. The van der Waals surface area contributed by atoms with Crippen molar-refractivity contribution < 1.29 is 54.0 Å². The number of hydrogen-bond acceptors (Lipinski definition) is 6. The average Bonchev–Trinajstić information content (AvgIpc) is 3.31. The van der Waals surface area contributed by atoms with Gasteiger partial charge in [0, 0.05) is 11.8 Å². The lowest BCUT2D eigenvalue weighted by molar-refractivity contribution is -0.262. The molecule has 7 unspecified atom stereocenters. The van der Waals surface area contributed by atoms with E-state index in [0.717, 1.165) is 38.5 Å². The van der Waals surface area contributed by atoms with E-state index >= 15 is 0 Å². The molecular weight excluding hydrogens is 503 g/mol. The van der Waals surface area contributed by atoms with Crippen LogP contribution in [0.15, 0.2) is 0 Å². The molecule has 0 aromatic heterocycles. The minimum Gasteiger partial charge on any atom is -0.461 e. The Hall–Kier alpha value is -1.50. The van der Waals surface area contributed by atoms with E-state index in [1.807, 2.05) is 0 Å². The fourth-order valence-electron chi connectivity index (χ4n) is 9.42. The molecule has 7 atom stereocenters. The van der Waals surface area contributed by atoms with E-state index in [4.69, 9.17) is 9.29 Å². The molecule has 7 nitrogen and oxygen atoms in total. The molecule has 13 heteroatoms. The summed E-state index contributed by atoms with van der Waals surface area (Å²) in [6, 6.07) is 0. The van der Waals surface area contributed by atoms with Crippen LogP contribution in [0.4, 0.5) is 22.0 Å². The summed E-state index contributed by atoms with van der Waals surface area (Å²) in [6.45, 7) is 0. The minimum absolute atomic E-state index is 0.214. The summed E-state index contributed by atoms with van der Waals surface area (Å²) in [5.74, 6) is -4.67. The molecule has 6 saturated carbocycles. The first-order chi connectivity index (χ1) is 16.1. The van der Waals surface area contributed by atoms with Gasteiger partial charge in [0.05, 0.1) is 11.8 Å². The lowest BCUT2D eigenvalue weighted by atomic mass is 9.44. The van der Waals surface area contributed by atoms with Crippen molar-refractivity contribution in [3.05, 3.63) is 0 Å². The predicted molar refractivity (Wildman–Crippen MR) is 105 cm³/mol. The van der Waals surface area contributed by atoms with E-state index in [9.17, 15) is 40.0 Å². The maximum absolute atomic E-state index is 14.0. The number of fused-ring (bicyclic) bond motifs is 1. The van der Waals surface area contributed by atoms with Crippen LogP contribution in [0.2, 0.25) is 0 Å². The van der Waals surface area contributed by atoms with Crippen molar-refractivity contribution in [2.45, 2.75) is 68.6 Å². The molecule has 196 valence electrons. The lowest BCUT2D eigenvalue weighted by Gasteiger charge is -2.61. The van der Waals surface area contributed by atoms with Gasteiger partial charge in [-0.05, 0) is 74.0 Å². The van der Waals surface area contributed by atoms with Gasteiger partial charge in [-0.2, -0.15) is 30.4 Å². The van der Waals surface area contributed by atoms with Gasteiger partial charge < -0.3 is 9.47 Å². The van der Waals surface area contributed by atoms with Crippen LogP contribution in [0.25, 0.3) is 0 Å². The number of carbonyl (C=O) groups excluding carboxylic acids is 2. The predicted octanol–water partition coefficient (Wildman–Crippen LogP) is 3.58. The molecule has 0 amide bonds. The molecule has 0 aromatic carbocycles. The molecule has 0 radical (unpaired) electrons. The molecule has 0 aromatic rings. The van der Waals surface area contributed by atoms with E-state index < -0.39 is 69.4 Å². The van der Waals surface area contributed by atoms with Crippen molar-refractivity contribution in [2.75, 3.05) is 0 Å². The topological polar surface area (TPSA) is 107 Å². The number of ether oxygens (including phenoxy) is 2. The molecule has 1 N–H and O–H groups in total. The van der Waals surface area contributed by atoms with Gasteiger partial charge in [-0.3, -0.25) is 14.1 Å². The quantitative estimate of drug-likeness (QED) is 0.330. The van der Waals surface area contributed by atoms with Crippen LogP contribution in [0, 0.1) is 52.8 Å². The summed E-state index contributed by atoms with van der Waals surface area (Å²) in [5.41, 5.74) is -0.214. The third-order valence-electron chi connectivity index (χ3n) is 9.86. The Morgan fingerprint density at radius 1 is 1.00 bits per heavy atom. The van der Waals surface area contributed by atoms with Crippen molar-refractivity contribution in [3.63, 3.8) is 0 Å². The summed E-state index contributed by atoms with van der Waals surface area (Å²) in [5, 5.41) is -5.81. The van der Waals surface area contributed by atoms with Crippen molar-refractivity contribution in [2.24, 2.45) is 52.8 Å². The molecule has 35 heavy (non-hydrogen) atoms. The van der Waals surface area contributed by atoms with Crippen LogP contribution in [0.1, 0.15) is 44.9 Å². The zero-order valence-electron chi connectivity index (χ0n) is 18.4. The summed E-state index contributed by atoms with van der Waals surface area (Å²) in [6.07, 6.45) is -4.45. The molecule has 1 aliphatic heterocycles. The maximum Gasteiger partial charge on any atom is 0.432 e. The highest BCUT2D eigenvalue weighted by molar-refractivity contribution is 7.86. The van der Waals surface area contributed by atoms with Gasteiger partial charge in [-0.15, -0.1) is 0 Å². The normalized spacial score (nSPS) is 46.7. The van der Waals surface area contributed by atoms with Crippen LogP contribution in [-0.4, -0.2) is 48.5 Å². The van der Waals surface area contributed by atoms with Crippen LogP contribution in [0.5, 0.6) is 0 Å². The van der Waals surface area contributed by atoms with Crippen molar-refractivity contribution in [1.29, 1.82) is 0 Å². The van der Waals surface area contributed by atoms with E-state index in [-0.39, 0.29) is 11.3 Å². The molecule has 7 aliphatic rings. The van der Waals surface area contributed by atoms with Crippen molar-refractivity contribution in [3.8, 4) is 0 Å². The van der Waals surface area contributed by atoms with Crippen LogP contribution in [-0.2, 0) is 29.2 Å². The molecule has 7 fully saturated rings. The second-order valence-corrected chi connectivity index (χ2v) is 13.2. The second-order valence-electron chi connectivity index (χ2n) is 11.7. The number of halogens is 5. The third-order valence-corrected chi connectivity index (χ3v) is 10.8. The van der Waals surface area contributed by atoms with Crippen molar-refractivity contribution in [1.82, 2.24) is 0 Å². The monoisotopic (exact) mass is 528 g/mol. The number of hydrogen-bond donors (Lipinski definition) is 1. The summed E-state index contributed by atoms with van der Waals surface area (Å²) >= 11 is 0. The molecule has 1 heterocycles. The van der Waals surface area contributed by atoms with Gasteiger partial charge >= 0.3 is 33.5 Å². The standard InChI is InChI=1S/C22H25F5O7S/c23-21(24,25)19(22(26,27)35(30,31)32)34-18(29)13-11-4-12-14(13)17(28)33-16(12)15(11)20-5-8-1-9(6-20)3-10(2-8)7-20/h8-16,19H,1-7H2,(H,30,31,32). The van der Waals surface area contributed by atoms with Crippen LogP contribution in [0.3, 0.4) is 0 Å². The van der Waals surface area contributed by atoms with E-state index in [1.54, 1.807) is 0 Å². The van der Waals surface area contributed by atoms with E-state index in [0.29, 0.717) is 24.2 Å². The van der Waals surface area contributed by atoms with Gasteiger partial charge in [0.1, 0.15) is 6.10 Å². The van der Waals surface area contributed by atoms with E-state index in [2.05, 4.69) is 4.74 Å². The smallest absolute Gasteiger partial charge is 0.432 e. The Labute approximate surface area is 197 Å². The fraction of sp³-hybridized carbons (Fsp3) is 0.909. The van der Waals surface area contributed by atoms with Gasteiger partial charge in [0.25, 0.3) is 6.10 Å². The summed E-state index contributed by atoms with van der Waals surface area (Å²) < 4.78 is 109. The van der Waals surface area contributed by atoms with Gasteiger partial charge in [0.15, 0.2) is 0 Å². The molecular formula is C22H25F5O7S. The molecule has 7 rings (SSSR count). The zero-order chi connectivity index (χ0) is 25.3. The first kappa shape index (κ1) is 23.9. The first-order valence-electron chi connectivity index (χ1n) is 11.9. The van der Waals surface area contributed by atoms with Gasteiger partial charge in [0.2, 0.25) is 0 Å². The Kier molecular flexibility index (Phi) is 4.83. The number of esters is 2. The fourth-order valence-corrected chi connectivity index (χ4v) is 9.87. The molecule has 6 aliphatic carbocycles. The Morgan fingerprint density at radius 3 is 2.03 bits per heavy atom. The average molecular weight is 528 g/mol. The largest absolute Gasteiger partial charge is 0.461 e. The highest BCUT2D eigenvalue weighted by Crippen LogP contribution is 2.72. The number of carbonyl (C=O) groups is 2. The SMILES string of the molecule is O=C1OC2C3CC(C(C(=O)OC(C(F)(F)F)C(F)(F)S(=O)(=O)O)C13)C2C12CC3CC(CC(C3)C1)C2. The second kappa shape index (κ2) is 7.08. The van der Waals surface area contributed by atoms with Crippen LogP contribution >= 0.6 is 0 Å². The maximum atomic E-state index is 14.0. The van der Waals surface area contributed by atoms with Gasteiger partial charge in [-0.1, -0.05) is 0 Å². The molecule has 6 bridgehead atoms. The zero-order valence-corrected chi connectivity index (χ0v) is 19.2. The number of rotatable bonds is 5. The minimum atomic E-state index is -6.55. The Morgan fingerprint density at radius 2 is 1.54 bits per heavy atom. The summed E-state index contributed by atoms with van der Waals surface area (Å²) in [7, 11) is -6.55. The van der Waals surface area contributed by atoms with Crippen molar-refractivity contribution >= 4 is 22.1 Å². The van der Waals surface area contributed by atoms with Crippen LogP contribution < -0.4 is 0 Å².